The van der Waals surface area contributed by atoms with Crippen LogP contribution in [0.4, 0.5) is 5.69 Å². The van der Waals surface area contributed by atoms with Crippen molar-refractivity contribution >= 4 is 39.3 Å². The average Bonchev–Trinajstić information content (AvgIpc) is 2.61. The van der Waals surface area contributed by atoms with Crippen molar-refractivity contribution in [3.05, 3.63) is 51.4 Å². The highest BCUT2D eigenvalue weighted by Gasteiger charge is 2.42. The van der Waals surface area contributed by atoms with Crippen molar-refractivity contribution in [1.82, 2.24) is 4.90 Å². The number of benzene rings is 1. The lowest BCUT2D eigenvalue weighted by atomic mass is 10.1. The molecule has 0 radical (unpaired) electrons. The second kappa shape index (κ2) is 8.57. The van der Waals surface area contributed by atoms with Crippen LogP contribution in [0.3, 0.4) is 0 Å². The first kappa shape index (κ1) is 21.6. The molecule has 0 spiro atoms. The number of nitrogens with zero attached hydrogens (tertiary/aromatic N) is 2. The molecule has 0 aliphatic carbocycles. The number of allylic oxidation sites excluding steroid dienone is 1. The van der Waals surface area contributed by atoms with Crippen molar-refractivity contribution in [3.63, 3.8) is 0 Å². The molecule has 1 aromatic carbocycles. The third-order valence-electron chi connectivity index (χ3n) is 3.68. The number of hydrogen-bond donors (Lipinski definition) is 0. The lowest BCUT2D eigenvalue weighted by Crippen LogP contribution is -2.51. The summed E-state index contributed by atoms with van der Waals surface area (Å²) < 4.78 is 33.0. The highest BCUT2D eigenvalue weighted by Crippen LogP contribution is 2.31. The van der Waals surface area contributed by atoms with Gasteiger partial charge in [-0.15, -0.1) is 0 Å². The van der Waals surface area contributed by atoms with Crippen LogP contribution in [-0.2, 0) is 35.2 Å². The van der Waals surface area contributed by atoms with E-state index in [2.05, 4.69) is 0 Å². The number of ether oxygens (including phenoxy) is 1. The fourth-order valence-corrected chi connectivity index (χ4v) is 3.27. The van der Waals surface area contributed by atoms with Crippen LogP contribution in [0.25, 0.3) is 0 Å². The van der Waals surface area contributed by atoms with Crippen LogP contribution < -0.4 is 0 Å². The Bertz CT molecular complexity index is 926. The predicted octanol–water partition coefficient (Wildman–Crippen LogP) is 2.03. The van der Waals surface area contributed by atoms with E-state index >= 15 is 0 Å². The van der Waals surface area contributed by atoms with E-state index in [0.717, 1.165) is 11.2 Å². The van der Waals surface area contributed by atoms with Crippen molar-refractivity contribution in [2.45, 2.75) is 31.9 Å². The smallest absolute Gasteiger partial charge is 0.359 e. The predicted molar refractivity (Wildman–Crippen MR) is 97.2 cm³/mol. The molecule has 1 aliphatic rings. The number of amides is 1. The highest BCUT2D eigenvalue weighted by atomic mass is 35.5. The van der Waals surface area contributed by atoms with Crippen molar-refractivity contribution < 1.29 is 31.9 Å². The number of esters is 1. The van der Waals surface area contributed by atoms with Gasteiger partial charge in [0.25, 0.3) is 5.69 Å². The maximum atomic E-state index is 12.6. The SMILES string of the molecule is CCC(OS(C)(=O)=O)=C(C(=O)OCc1ccc([N+](=O)[O-])cc1)N1C(=O)CC1Cl. The first-order valence-corrected chi connectivity index (χ1v) is 10.3. The summed E-state index contributed by atoms with van der Waals surface area (Å²) in [5.41, 5.74) is -0.885. The zero-order valence-electron chi connectivity index (χ0n) is 15.0. The Labute approximate surface area is 165 Å². The molecule has 1 amide bonds. The van der Waals surface area contributed by atoms with Gasteiger partial charge in [0.15, 0.2) is 11.5 Å². The van der Waals surface area contributed by atoms with Gasteiger partial charge < -0.3 is 8.92 Å². The second-order valence-corrected chi connectivity index (χ2v) is 7.89. The maximum Gasteiger partial charge on any atom is 0.359 e. The largest absolute Gasteiger partial charge is 0.456 e. The van der Waals surface area contributed by atoms with E-state index in [1.807, 2.05) is 0 Å². The lowest BCUT2D eigenvalue weighted by Gasteiger charge is -2.37. The van der Waals surface area contributed by atoms with Crippen molar-refractivity contribution in [2.75, 3.05) is 6.26 Å². The monoisotopic (exact) mass is 432 g/mol. The Morgan fingerprint density at radius 3 is 2.39 bits per heavy atom. The minimum absolute atomic E-state index is 0.0115. The van der Waals surface area contributed by atoms with Gasteiger partial charge in [-0.25, -0.2) is 4.79 Å². The number of β-lactam (4-membered cyclic amide) rings is 1. The number of alkyl halides is 1. The quantitative estimate of drug-likeness (QED) is 0.0701. The molecule has 0 saturated carbocycles. The molecule has 1 aliphatic heterocycles. The van der Waals surface area contributed by atoms with Crippen LogP contribution in [0.15, 0.2) is 35.7 Å². The first-order chi connectivity index (χ1) is 13.0. The third-order valence-corrected chi connectivity index (χ3v) is 4.53. The third kappa shape index (κ3) is 5.20. The number of non-ortho nitro benzene ring substituents is 1. The minimum atomic E-state index is -3.96. The number of carbonyl (C=O) groups excluding carboxylic acids is 2. The van der Waals surface area contributed by atoms with E-state index in [1.54, 1.807) is 0 Å². The topological polar surface area (TPSA) is 133 Å². The van der Waals surface area contributed by atoms with E-state index in [4.69, 9.17) is 20.5 Å². The van der Waals surface area contributed by atoms with Crippen molar-refractivity contribution in [1.29, 1.82) is 0 Å². The van der Waals surface area contributed by atoms with Gasteiger partial charge in [0.1, 0.15) is 12.1 Å². The molecule has 0 bridgehead atoms. The normalized spacial score (nSPS) is 17.5. The van der Waals surface area contributed by atoms with Crippen LogP contribution in [-0.4, -0.2) is 41.9 Å². The summed E-state index contributed by atoms with van der Waals surface area (Å²) >= 11 is 5.98. The summed E-state index contributed by atoms with van der Waals surface area (Å²) in [5.74, 6) is -1.75. The minimum Gasteiger partial charge on any atom is -0.456 e. The fourth-order valence-electron chi connectivity index (χ4n) is 2.37. The van der Waals surface area contributed by atoms with Crippen molar-refractivity contribution in [2.24, 2.45) is 0 Å². The van der Waals surface area contributed by atoms with Gasteiger partial charge in [0.05, 0.1) is 17.6 Å². The fraction of sp³-hybridized carbons (Fsp3) is 0.375. The average molecular weight is 433 g/mol. The zero-order chi connectivity index (χ0) is 21.1. The van der Waals surface area contributed by atoms with E-state index < -0.39 is 32.4 Å². The van der Waals surface area contributed by atoms with Crippen LogP contribution in [0, 0.1) is 10.1 Å². The number of hydrogen-bond acceptors (Lipinski definition) is 8. The van der Waals surface area contributed by atoms with E-state index in [-0.39, 0.29) is 36.6 Å². The summed E-state index contributed by atoms with van der Waals surface area (Å²) in [4.78, 5) is 35.5. The second-order valence-electron chi connectivity index (χ2n) is 5.81. The molecule has 10 nitrogen and oxygen atoms in total. The molecule has 1 atom stereocenters. The van der Waals surface area contributed by atoms with Gasteiger partial charge >= 0.3 is 16.1 Å². The van der Waals surface area contributed by atoms with Gasteiger partial charge in [0, 0.05) is 18.6 Å². The number of rotatable bonds is 8. The molecule has 0 N–H and O–H groups in total. The molecular formula is C16H17ClN2O8S. The maximum absolute atomic E-state index is 12.6. The Morgan fingerprint density at radius 2 is 1.96 bits per heavy atom. The Morgan fingerprint density at radius 1 is 1.36 bits per heavy atom. The standard InChI is InChI=1S/C16H17ClN2O8S/c1-3-12(27-28(2,24)25)15(18-13(17)8-14(18)20)16(21)26-9-10-4-6-11(7-5-10)19(22)23/h4-7,13H,3,8-9H2,1-2H3. The van der Waals surface area contributed by atoms with E-state index in [9.17, 15) is 28.1 Å². The van der Waals surface area contributed by atoms with Gasteiger partial charge in [-0.05, 0) is 17.7 Å². The van der Waals surface area contributed by atoms with Crippen LogP contribution in [0.2, 0.25) is 0 Å². The van der Waals surface area contributed by atoms with Gasteiger partial charge in [0.2, 0.25) is 5.91 Å². The Hall–Kier alpha value is -2.66. The Kier molecular flexibility index (Phi) is 6.62. The molecule has 1 fully saturated rings. The summed E-state index contributed by atoms with van der Waals surface area (Å²) in [7, 11) is -3.96. The summed E-state index contributed by atoms with van der Waals surface area (Å²) in [5, 5.41) is 10.7. The first-order valence-electron chi connectivity index (χ1n) is 8.02. The van der Waals surface area contributed by atoms with Gasteiger partial charge in [-0.2, -0.15) is 8.42 Å². The van der Waals surface area contributed by atoms with Gasteiger partial charge in [-0.1, -0.05) is 18.5 Å². The number of halogens is 1. The molecule has 1 heterocycles. The number of nitro benzene ring substituents is 1. The molecule has 1 unspecified atom stereocenters. The molecule has 2 rings (SSSR count). The number of nitro groups is 1. The van der Waals surface area contributed by atoms with Crippen molar-refractivity contribution in [3.8, 4) is 0 Å². The molecule has 152 valence electrons. The van der Waals surface area contributed by atoms with Crippen LogP contribution in [0.5, 0.6) is 0 Å². The molecule has 12 heteroatoms. The number of carbonyl (C=O) groups is 2. The molecule has 1 saturated heterocycles. The number of likely N-dealkylation sites (tertiary alicyclic amines) is 1. The lowest BCUT2D eigenvalue weighted by molar-refractivity contribution is -0.384. The highest BCUT2D eigenvalue weighted by molar-refractivity contribution is 7.86. The summed E-state index contributed by atoms with van der Waals surface area (Å²) in [6.07, 6.45) is 0.775. The molecule has 1 aromatic rings. The van der Waals surface area contributed by atoms with Gasteiger partial charge in [-0.3, -0.25) is 19.8 Å². The zero-order valence-corrected chi connectivity index (χ0v) is 16.5. The van der Waals surface area contributed by atoms with Crippen LogP contribution in [0.1, 0.15) is 25.3 Å². The van der Waals surface area contributed by atoms with E-state index in [1.165, 1.54) is 31.2 Å². The molecule has 0 aromatic heterocycles. The summed E-state index contributed by atoms with van der Waals surface area (Å²) in [6.45, 7) is 1.28. The van der Waals surface area contributed by atoms with E-state index in [0.29, 0.717) is 5.56 Å². The van der Waals surface area contributed by atoms with Crippen LogP contribution >= 0.6 is 11.6 Å². The molecule has 28 heavy (non-hydrogen) atoms. The Balaban J connectivity index is 2.26. The summed E-state index contributed by atoms with van der Waals surface area (Å²) in [6, 6.07) is 5.30. The molecular weight excluding hydrogens is 416 g/mol.